The number of nitrogens with zero attached hydrogens (tertiary/aromatic N) is 3. The standard InChI is InChI=1S/C11H19N3/c1-5-13-6-9-7-14(11(2,3)4)12-10(9)8-13/h7H,5-6,8H2,1-4H3. The Labute approximate surface area is 85.7 Å². The minimum absolute atomic E-state index is 0.112. The Hall–Kier alpha value is -0.830. The summed E-state index contributed by atoms with van der Waals surface area (Å²) in [5.74, 6) is 0. The molecule has 0 radical (unpaired) electrons. The van der Waals surface area contributed by atoms with Crippen molar-refractivity contribution in [1.82, 2.24) is 14.7 Å². The zero-order valence-electron chi connectivity index (χ0n) is 9.54. The van der Waals surface area contributed by atoms with E-state index in [1.165, 1.54) is 11.3 Å². The van der Waals surface area contributed by atoms with Crippen LogP contribution < -0.4 is 0 Å². The summed E-state index contributed by atoms with van der Waals surface area (Å²) in [6.07, 6.45) is 2.20. The predicted octanol–water partition coefficient (Wildman–Crippen LogP) is 1.97. The molecule has 0 aromatic carbocycles. The molecule has 0 N–H and O–H groups in total. The first-order valence-electron chi connectivity index (χ1n) is 5.31. The molecular weight excluding hydrogens is 174 g/mol. The van der Waals surface area contributed by atoms with E-state index in [-0.39, 0.29) is 5.54 Å². The lowest BCUT2D eigenvalue weighted by Crippen LogP contribution is -2.24. The maximum Gasteiger partial charge on any atom is 0.0810 e. The fourth-order valence-corrected chi connectivity index (χ4v) is 1.79. The van der Waals surface area contributed by atoms with E-state index >= 15 is 0 Å². The van der Waals surface area contributed by atoms with Gasteiger partial charge in [-0.05, 0) is 27.3 Å². The van der Waals surface area contributed by atoms with E-state index in [0.717, 1.165) is 19.6 Å². The Morgan fingerprint density at radius 1 is 1.36 bits per heavy atom. The van der Waals surface area contributed by atoms with Crippen molar-refractivity contribution in [1.29, 1.82) is 0 Å². The molecule has 0 unspecified atom stereocenters. The van der Waals surface area contributed by atoms with Crippen molar-refractivity contribution >= 4 is 0 Å². The predicted molar refractivity (Wildman–Crippen MR) is 57.0 cm³/mol. The molecule has 0 fully saturated rings. The van der Waals surface area contributed by atoms with Crippen molar-refractivity contribution < 1.29 is 0 Å². The molecule has 0 saturated heterocycles. The van der Waals surface area contributed by atoms with E-state index in [1.807, 2.05) is 0 Å². The molecule has 2 rings (SSSR count). The van der Waals surface area contributed by atoms with Gasteiger partial charge in [0.2, 0.25) is 0 Å². The summed E-state index contributed by atoms with van der Waals surface area (Å²) in [5, 5.41) is 4.64. The van der Waals surface area contributed by atoms with Crippen LogP contribution in [0.1, 0.15) is 39.0 Å². The highest BCUT2D eigenvalue weighted by Gasteiger charge is 2.24. The quantitative estimate of drug-likeness (QED) is 0.680. The lowest BCUT2D eigenvalue weighted by molar-refractivity contribution is 0.286. The molecule has 14 heavy (non-hydrogen) atoms. The molecule has 3 heteroatoms. The van der Waals surface area contributed by atoms with Gasteiger partial charge in [0.15, 0.2) is 0 Å². The first-order chi connectivity index (χ1) is 6.50. The second-order valence-corrected chi connectivity index (χ2v) is 5.02. The van der Waals surface area contributed by atoms with E-state index in [1.54, 1.807) is 0 Å². The van der Waals surface area contributed by atoms with E-state index < -0.39 is 0 Å². The van der Waals surface area contributed by atoms with E-state index in [0.29, 0.717) is 0 Å². The number of aromatic nitrogens is 2. The van der Waals surface area contributed by atoms with Crippen LogP contribution in [0.3, 0.4) is 0 Å². The van der Waals surface area contributed by atoms with Gasteiger partial charge in [0, 0.05) is 24.8 Å². The molecule has 1 aliphatic heterocycles. The van der Waals surface area contributed by atoms with Crippen molar-refractivity contribution in [2.75, 3.05) is 6.54 Å². The fraction of sp³-hybridized carbons (Fsp3) is 0.727. The number of hydrogen-bond donors (Lipinski definition) is 0. The van der Waals surface area contributed by atoms with Gasteiger partial charge in [0.25, 0.3) is 0 Å². The first-order valence-corrected chi connectivity index (χ1v) is 5.31. The maximum atomic E-state index is 4.64. The van der Waals surface area contributed by atoms with Gasteiger partial charge in [-0.25, -0.2) is 0 Å². The van der Waals surface area contributed by atoms with Gasteiger partial charge in [0.05, 0.1) is 11.2 Å². The molecular formula is C11H19N3. The third kappa shape index (κ3) is 1.57. The highest BCUT2D eigenvalue weighted by atomic mass is 15.3. The van der Waals surface area contributed by atoms with Gasteiger partial charge in [-0.15, -0.1) is 0 Å². The highest BCUT2D eigenvalue weighted by Crippen LogP contribution is 2.23. The molecule has 0 spiro atoms. The molecule has 0 amide bonds. The van der Waals surface area contributed by atoms with Crippen LogP contribution in [0.25, 0.3) is 0 Å². The van der Waals surface area contributed by atoms with Crippen LogP contribution in [-0.4, -0.2) is 21.2 Å². The number of fused-ring (bicyclic) bond motifs is 1. The fourth-order valence-electron chi connectivity index (χ4n) is 1.79. The average molecular weight is 193 g/mol. The largest absolute Gasteiger partial charge is 0.293 e. The third-order valence-electron chi connectivity index (χ3n) is 2.78. The van der Waals surface area contributed by atoms with Crippen molar-refractivity contribution in [2.24, 2.45) is 0 Å². The molecule has 0 aliphatic carbocycles. The van der Waals surface area contributed by atoms with Crippen LogP contribution in [0.4, 0.5) is 0 Å². The second-order valence-electron chi connectivity index (χ2n) is 5.02. The molecule has 2 heterocycles. The lowest BCUT2D eigenvalue weighted by atomic mass is 10.1. The summed E-state index contributed by atoms with van der Waals surface area (Å²) in [7, 11) is 0. The summed E-state index contributed by atoms with van der Waals surface area (Å²) >= 11 is 0. The molecule has 0 saturated carbocycles. The monoisotopic (exact) mass is 193 g/mol. The van der Waals surface area contributed by atoms with Crippen molar-refractivity contribution in [3.63, 3.8) is 0 Å². The van der Waals surface area contributed by atoms with Crippen molar-refractivity contribution in [3.05, 3.63) is 17.5 Å². The molecule has 3 nitrogen and oxygen atoms in total. The minimum Gasteiger partial charge on any atom is -0.293 e. The van der Waals surface area contributed by atoms with Gasteiger partial charge >= 0.3 is 0 Å². The zero-order chi connectivity index (χ0) is 10.3. The Kier molecular flexibility index (Phi) is 2.14. The first kappa shape index (κ1) is 9.71. The van der Waals surface area contributed by atoms with Crippen LogP contribution in [0.5, 0.6) is 0 Å². The Balaban J connectivity index is 2.23. The van der Waals surface area contributed by atoms with Crippen molar-refractivity contribution in [2.45, 2.75) is 46.3 Å². The normalized spacial score (nSPS) is 17.4. The number of rotatable bonds is 1. The Morgan fingerprint density at radius 2 is 2.07 bits per heavy atom. The van der Waals surface area contributed by atoms with Crippen LogP contribution in [-0.2, 0) is 18.6 Å². The Bertz CT molecular complexity index is 309. The van der Waals surface area contributed by atoms with Gasteiger partial charge in [-0.3, -0.25) is 9.58 Å². The average Bonchev–Trinajstić information content (AvgIpc) is 2.56. The molecule has 1 aromatic rings. The third-order valence-corrected chi connectivity index (χ3v) is 2.78. The van der Waals surface area contributed by atoms with E-state index in [9.17, 15) is 0 Å². The van der Waals surface area contributed by atoms with E-state index in [2.05, 4.69) is 48.6 Å². The topological polar surface area (TPSA) is 21.1 Å². The van der Waals surface area contributed by atoms with Gasteiger partial charge in [-0.2, -0.15) is 5.10 Å². The van der Waals surface area contributed by atoms with Gasteiger partial charge in [-0.1, -0.05) is 6.92 Å². The van der Waals surface area contributed by atoms with Crippen LogP contribution >= 0.6 is 0 Å². The molecule has 78 valence electrons. The van der Waals surface area contributed by atoms with Gasteiger partial charge in [0.1, 0.15) is 0 Å². The second kappa shape index (κ2) is 3.09. The SMILES string of the molecule is CCN1Cc2cn(C(C)(C)C)nc2C1. The van der Waals surface area contributed by atoms with Crippen LogP contribution in [0.15, 0.2) is 6.20 Å². The summed E-state index contributed by atoms with van der Waals surface area (Å²) < 4.78 is 2.09. The summed E-state index contributed by atoms with van der Waals surface area (Å²) in [5.41, 5.74) is 2.78. The lowest BCUT2D eigenvalue weighted by Gasteiger charge is -2.20. The zero-order valence-corrected chi connectivity index (χ0v) is 9.54. The van der Waals surface area contributed by atoms with Crippen molar-refractivity contribution in [3.8, 4) is 0 Å². The maximum absolute atomic E-state index is 4.64. The van der Waals surface area contributed by atoms with E-state index in [4.69, 9.17) is 0 Å². The highest BCUT2D eigenvalue weighted by molar-refractivity contribution is 5.21. The van der Waals surface area contributed by atoms with Gasteiger partial charge < -0.3 is 0 Å². The minimum atomic E-state index is 0.112. The number of hydrogen-bond acceptors (Lipinski definition) is 2. The summed E-state index contributed by atoms with van der Waals surface area (Å²) in [4.78, 5) is 2.41. The Morgan fingerprint density at radius 3 is 2.57 bits per heavy atom. The summed E-state index contributed by atoms with van der Waals surface area (Å²) in [6, 6.07) is 0. The van der Waals surface area contributed by atoms with Crippen LogP contribution in [0, 0.1) is 0 Å². The smallest absolute Gasteiger partial charge is 0.0810 e. The molecule has 0 bridgehead atoms. The molecule has 1 aliphatic rings. The molecule has 0 atom stereocenters. The van der Waals surface area contributed by atoms with Crippen LogP contribution in [0.2, 0.25) is 0 Å². The molecule has 1 aromatic heterocycles. The summed E-state index contributed by atoms with van der Waals surface area (Å²) in [6.45, 7) is 12.0.